The lowest BCUT2D eigenvalue weighted by atomic mass is 10.2. The molecule has 0 saturated heterocycles. The van der Waals surface area contributed by atoms with Gasteiger partial charge < -0.3 is 10.5 Å². The number of ether oxygens (including phenoxy) is 1. The molecule has 0 spiro atoms. The highest BCUT2D eigenvalue weighted by atomic mass is 19.1. The molecule has 1 aliphatic carbocycles. The first kappa shape index (κ1) is 11.3. The molecule has 0 heterocycles. The van der Waals surface area contributed by atoms with E-state index in [2.05, 4.69) is 0 Å². The Hall–Kier alpha value is -1.16. The summed E-state index contributed by atoms with van der Waals surface area (Å²) in [6.45, 7) is 0.497. The Bertz CT molecular complexity index is 354. The maximum Gasteiger partial charge on any atom is 0.190 e. The topological polar surface area (TPSA) is 35.2 Å². The average molecular weight is 227 g/mol. The third-order valence-corrected chi connectivity index (χ3v) is 2.76. The van der Waals surface area contributed by atoms with Crippen molar-refractivity contribution in [3.8, 4) is 5.75 Å². The predicted molar refractivity (Wildman–Crippen MR) is 57.1 cm³/mol. The van der Waals surface area contributed by atoms with Crippen LogP contribution in [0.3, 0.4) is 0 Å². The highest BCUT2D eigenvalue weighted by Crippen LogP contribution is 2.32. The normalized spacial score (nSPS) is 15.2. The van der Waals surface area contributed by atoms with Crippen molar-refractivity contribution in [2.24, 2.45) is 11.7 Å². The van der Waals surface area contributed by atoms with Crippen LogP contribution in [0.5, 0.6) is 5.75 Å². The number of hydrogen-bond acceptors (Lipinski definition) is 2. The van der Waals surface area contributed by atoms with Crippen molar-refractivity contribution in [2.45, 2.75) is 25.8 Å². The van der Waals surface area contributed by atoms with E-state index in [-0.39, 0.29) is 12.3 Å². The minimum Gasteiger partial charge on any atom is -0.488 e. The van der Waals surface area contributed by atoms with Crippen molar-refractivity contribution in [3.05, 3.63) is 29.3 Å². The first-order valence-electron chi connectivity index (χ1n) is 5.51. The van der Waals surface area contributed by atoms with Crippen LogP contribution in [0, 0.1) is 17.6 Å². The van der Waals surface area contributed by atoms with Gasteiger partial charge in [-0.2, -0.15) is 0 Å². The maximum absolute atomic E-state index is 13.4. The lowest BCUT2D eigenvalue weighted by Gasteiger charge is -2.09. The third kappa shape index (κ3) is 2.70. The second kappa shape index (κ2) is 4.78. The van der Waals surface area contributed by atoms with Gasteiger partial charge >= 0.3 is 0 Å². The van der Waals surface area contributed by atoms with E-state index in [0.717, 1.165) is 6.42 Å². The second-order valence-electron chi connectivity index (χ2n) is 4.17. The summed E-state index contributed by atoms with van der Waals surface area (Å²) in [5, 5.41) is 0. The fourth-order valence-corrected chi connectivity index (χ4v) is 1.60. The van der Waals surface area contributed by atoms with E-state index < -0.39 is 11.6 Å². The molecule has 0 atom stereocenters. The molecule has 0 amide bonds. The monoisotopic (exact) mass is 227 g/mol. The fraction of sp³-hybridized carbons (Fsp3) is 0.500. The zero-order chi connectivity index (χ0) is 11.5. The fourth-order valence-electron chi connectivity index (χ4n) is 1.60. The molecule has 2 rings (SSSR count). The van der Waals surface area contributed by atoms with E-state index >= 15 is 0 Å². The van der Waals surface area contributed by atoms with Crippen LogP contribution in [-0.2, 0) is 6.54 Å². The quantitative estimate of drug-likeness (QED) is 0.839. The van der Waals surface area contributed by atoms with Gasteiger partial charge in [-0.25, -0.2) is 8.78 Å². The largest absolute Gasteiger partial charge is 0.488 e. The molecule has 4 heteroatoms. The van der Waals surface area contributed by atoms with E-state index in [1.54, 1.807) is 0 Å². The van der Waals surface area contributed by atoms with E-state index in [9.17, 15) is 8.78 Å². The summed E-state index contributed by atoms with van der Waals surface area (Å²) in [6.07, 6.45) is 3.29. The Morgan fingerprint density at radius 3 is 2.38 bits per heavy atom. The van der Waals surface area contributed by atoms with Crippen molar-refractivity contribution >= 4 is 0 Å². The Labute approximate surface area is 93.4 Å². The SMILES string of the molecule is NCc1cc(F)c(OCCC2CC2)c(F)c1. The Morgan fingerprint density at radius 2 is 1.88 bits per heavy atom. The average Bonchev–Trinajstić information content (AvgIpc) is 3.05. The lowest BCUT2D eigenvalue weighted by molar-refractivity contribution is 0.273. The van der Waals surface area contributed by atoms with Crippen LogP contribution in [0.2, 0.25) is 0 Å². The van der Waals surface area contributed by atoms with Gasteiger partial charge in [-0.1, -0.05) is 12.8 Å². The minimum absolute atomic E-state index is 0.121. The molecule has 0 aromatic heterocycles. The molecule has 1 aromatic carbocycles. The summed E-state index contributed by atoms with van der Waals surface area (Å²) in [5.74, 6) is -0.931. The zero-order valence-electron chi connectivity index (χ0n) is 9.01. The number of rotatable bonds is 5. The van der Waals surface area contributed by atoms with Gasteiger partial charge in [0.15, 0.2) is 17.4 Å². The highest BCUT2D eigenvalue weighted by molar-refractivity contribution is 5.31. The molecule has 2 N–H and O–H groups in total. The molecule has 0 aliphatic heterocycles. The molecule has 0 unspecified atom stereocenters. The first-order valence-corrected chi connectivity index (χ1v) is 5.51. The highest BCUT2D eigenvalue weighted by Gasteiger charge is 2.21. The second-order valence-corrected chi connectivity index (χ2v) is 4.17. The summed E-state index contributed by atoms with van der Waals surface area (Å²) in [5.41, 5.74) is 5.75. The summed E-state index contributed by atoms with van der Waals surface area (Å²) in [6, 6.07) is 2.44. The molecular weight excluding hydrogens is 212 g/mol. The van der Waals surface area contributed by atoms with Gasteiger partial charge in [-0.3, -0.25) is 0 Å². The van der Waals surface area contributed by atoms with Crippen molar-refractivity contribution < 1.29 is 13.5 Å². The van der Waals surface area contributed by atoms with Gasteiger partial charge in [0.05, 0.1) is 6.61 Å². The number of nitrogens with two attached hydrogens (primary N) is 1. The van der Waals surface area contributed by atoms with Crippen molar-refractivity contribution in [1.82, 2.24) is 0 Å². The van der Waals surface area contributed by atoms with Crippen LogP contribution in [0.1, 0.15) is 24.8 Å². The molecule has 2 nitrogen and oxygen atoms in total. The molecule has 1 aliphatic rings. The molecule has 0 bridgehead atoms. The van der Waals surface area contributed by atoms with Gasteiger partial charge in [-0.15, -0.1) is 0 Å². The molecule has 0 radical (unpaired) electrons. The number of benzene rings is 1. The van der Waals surface area contributed by atoms with Crippen LogP contribution >= 0.6 is 0 Å². The maximum atomic E-state index is 13.4. The van der Waals surface area contributed by atoms with E-state index in [4.69, 9.17) is 10.5 Å². The lowest BCUT2D eigenvalue weighted by Crippen LogP contribution is -2.04. The molecule has 1 aromatic rings. The van der Waals surface area contributed by atoms with Gasteiger partial charge in [0, 0.05) is 6.54 Å². The summed E-state index contributed by atoms with van der Waals surface area (Å²) in [4.78, 5) is 0. The third-order valence-electron chi connectivity index (χ3n) is 2.76. The Balaban J connectivity index is 2.00. The molecule has 1 saturated carbocycles. The van der Waals surface area contributed by atoms with E-state index in [0.29, 0.717) is 18.1 Å². The van der Waals surface area contributed by atoms with E-state index in [1.807, 2.05) is 0 Å². The molecule has 88 valence electrons. The van der Waals surface area contributed by atoms with Crippen molar-refractivity contribution in [2.75, 3.05) is 6.61 Å². The number of halogens is 2. The smallest absolute Gasteiger partial charge is 0.190 e. The summed E-state index contributed by atoms with van der Waals surface area (Å²) in [7, 11) is 0. The molecule has 16 heavy (non-hydrogen) atoms. The van der Waals surface area contributed by atoms with Crippen LogP contribution in [-0.4, -0.2) is 6.61 Å². The van der Waals surface area contributed by atoms with Gasteiger partial charge in [0.1, 0.15) is 0 Å². The Morgan fingerprint density at radius 1 is 1.25 bits per heavy atom. The van der Waals surface area contributed by atoms with Crippen molar-refractivity contribution in [3.63, 3.8) is 0 Å². The first-order chi connectivity index (χ1) is 7.70. The molecular formula is C12H15F2NO. The van der Waals surface area contributed by atoms with Crippen LogP contribution in [0.25, 0.3) is 0 Å². The standard InChI is InChI=1S/C12H15F2NO/c13-10-5-9(7-15)6-11(14)12(10)16-4-3-8-1-2-8/h5-6,8H,1-4,7,15H2. The van der Waals surface area contributed by atoms with Gasteiger partial charge in [-0.05, 0) is 30.0 Å². The minimum atomic E-state index is -0.670. The van der Waals surface area contributed by atoms with Crippen LogP contribution < -0.4 is 10.5 Å². The van der Waals surface area contributed by atoms with Crippen molar-refractivity contribution in [1.29, 1.82) is 0 Å². The number of hydrogen-bond donors (Lipinski definition) is 1. The van der Waals surface area contributed by atoms with Crippen LogP contribution in [0.4, 0.5) is 8.78 Å². The van der Waals surface area contributed by atoms with Gasteiger partial charge in [0.2, 0.25) is 0 Å². The van der Waals surface area contributed by atoms with Gasteiger partial charge in [0.25, 0.3) is 0 Å². The summed E-state index contributed by atoms with van der Waals surface area (Å²) >= 11 is 0. The Kier molecular flexibility index (Phi) is 3.39. The summed E-state index contributed by atoms with van der Waals surface area (Å²) < 4.78 is 32.0. The van der Waals surface area contributed by atoms with Crippen LogP contribution in [0.15, 0.2) is 12.1 Å². The van der Waals surface area contributed by atoms with E-state index in [1.165, 1.54) is 25.0 Å². The zero-order valence-corrected chi connectivity index (χ0v) is 9.01. The predicted octanol–water partition coefficient (Wildman–Crippen LogP) is 2.60. The molecule has 1 fully saturated rings.